The molecule has 0 bridgehead atoms. The number of hydrogen-bond acceptors (Lipinski definition) is 7. The number of benzene rings is 1. The summed E-state index contributed by atoms with van der Waals surface area (Å²) in [6.45, 7) is 7.60. The van der Waals surface area contributed by atoms with E-state index < -0.39 is 45.6 Å². The first kappa shape index (κ1) is 26.7. The molecule has 0 aliphatic carbocycles. The van der Waals surface area contributed by atoms with Crippen LogP contribution >= 0.6 is 34.8 Å². The summed E-state index contributed by atoms with van der Waals surface area (Å²) in [6.07, 6.45) is -1.45. The van der Waals surface area contributed by atoms with E-state index in [1.54, 1.807) is 13.8 Å². The van der Waals surface area contributed by atoms with Gasteiger partial charge >= 0.3 is 0 Å². The molecule has 2 aliphatic heterocycles. The Bertz CT molecular complexity index is 820. The lowest BCUT2D eigenvalue weighted by Crippen LogP contribution is -2.64. The van der Waals surface area contributed by atoms with Gasteiger partial charge in [-0.1, -0.05) is 71.2 Å². The van der Waals surface area contributed by atoms with Crippen LogP contribution in [0.3, 0.4) is 0 Å². The molecule has 0 aromatic heterocycles. The molecule has 0 saturated carbocycles. The first-order valence-corrected chi connectivity index (χ1v) is 11.4. The maximum atomic E-state index is 12.7. The largest absolute Gasteiger partial charge is 0.374 e. The molecule has 1 N–H and O–H groups in total. The number of carbonyl (C=O) groups excluding carboxylic acids is 1. The zero-order valence-corrected chi connectivity index (χ0v) is 20.9. The molecule has 2 fully saturated rings. The third-order valence-corrected chi connectivity index (χ3v) is 5.81. The van der Waals surface area contributed by atoms with Gasteiger partial charge in [0.25, 0.3) is 9.70 Å². The van der Waals surface area contributed by atoms with Crippen LogP contribution in [-0.2, 0) is 39.8 Å². The summed E-state index contributed by atoms with van der Waals surface area (Å²) in [5.74, 6) is -1.75. The molecule has 1 amide bonds. The third kappa shape index (κ3) is 6.39. The molecular formula is C22H28Cl3NO7. The molecule has 33 heavy (non-hydrogen) atoms. The molecule has 11 heteroatoms. The molecule has 5 atom stereocenters. The van der Waals surface area contributed by atoms with Crippen LogP contribution in [0.1, 0.15) is 19.4 Å². The van der Waals surface area contributed by atoms with Gasteiger partial charge in [0, 0.05) is 7.11 Å². The number of hydrogen-bond donors (Lipinski definition) is 1. The molecule has 0 unspecified atom stereocenters. The second-order valence-electron chi connectivity index (χ2n) is 8.24. The molecule has 2 heterocycles. The molecule has 1 aromatic carbocycles. The van der Waals surface area contributed by atoms with Crippen molar-refractivity contribution < 1.29 is 33.2 Å². The van der Waals surface area contributed by atoms with Crippen LogP contribution in [0.5, 0.6) is 0 Å². The van der Waals surface area contributed by atoms with E-state index in [1.165, 1.54) is 13.2 Å². The van der Waals surface area contributed by atoms with Crippen molar-refractivity contribution in [3.05, 3.63) is 48.6 Å². The summed E-state index contributed by atoms with van der Waals surface area (Å²) in [5.41, 5.74) is -0.414. The van der Waals surface area contributed by atoms with E-state index in [0.29, 0.717) is 0 Å². The Kier molecular flexibility index (Phi) is 8.70. The van der Waals surface area contributed by atoms with E-state index >= 15 is 0 Å². The SMILES string of the molecule is C=C[C@@](COCc1ccccc1)(NC(=O)C(Cl)(Cl)Cl)[C@H]1O[C@@H]2OC(C)(C)O[C@@H]2[C@H]1OCOC. The Morgan fingerprint density at radius 2 is 1.94 bits per heavy atom. The average molecular weight is 525 g/mol. The van der Waals surface area contributed by atoms with E-state index in [-0.39, 0.29) is 20.0 Å². The second-order valence-corrected chi connectivity index (χ2v) is 10.5. The van der Waals surface area contributed by atoms with Gasteiger partial charge in [-0.3, -0.25) is 4.79 Å². The molecule has 2 saturated heterocycles. The Morgan fingerprint density at radius 3 is 2.55 bits per heavy atom. The molecule has 184 valence electrons. The van der Waals surface area contributed by atoms with E-state index in [1.807, 2.05) is 30.3 Å². The lowest BCUT2D eigenvalue weighted by atomic mass is 9.88. The minimum Gasteiger partial charge on any atom is -0.374 e. The fourth-order valence-electron chi connectivity index (χ4n) is 3.83. The minimum atomic E-state index is -2.22. The predicted octanol–water partition coefficient (Wildman–Crippen LogP) is 3.48. The maximum absolute atomic E-state index is 12.7. The number of rotatable bonds is 10. The van der Waals surface area contributed by atoms with Crippen molar-refractivity contribution in [1.29, 1.82) is 0 Å². The van der Waals surface area contributed by atoms with E-state index in [2.05, 4.69) is 11.9 Å². The van der Waals surface area contributed by atoms with Crippen molar-refractivity contribution in [2.24, 2.45) is 0 Å². The monoisotopic (exact) mass is 523 g/mol. The van der Waals surface area contributed by atoms with Crippen molar-refractivity contribution in [3.63, 3.8) is 0 Å². The van der Waals surface area contributed by atoms with Crippen LogP contribution in [0.2, 0.25) is 0 Å². The number of ether oxygens (including phenoxy) is 6. The number of methoxy groups -OCH3 is 1. The molecule has 0 radical (unpaired) electrons. The number of alkyl halides is 3. The van der Waals surface area contributed by atoms with Crippen LogP contribution in [0.15, 0.2) is 43.0 Å². The molecule has 2 aliphatic rings. The Labute approximate surface area is 208 Å². The number of halogens is 3. The zero-order valence-electron chi connectivity index (χ0n) is 18.6. The minimum absolute atomic E-state index is 0.0476. The van der Waals surface area contributed by atoms with Crippen LogP contribution in [-0.4, -0.2) is 66.1 Å². The van der Waals surface area contributed by atoms with Crippen molar-refractivity contribution in [3.8, 4) is 0 Å². The van der Waals surface area contributed by atoms with Crippen LogP contribution in [0, 0.1) is 0 Å². The van der Waals surface area contributed by atoms with Crippen LogP contribution < -0.4 is 5.32 Å². The summed E-state index contributed by atoms with van der Waals surface area (Å²) >= 11 is 17.5. The Morgan fingerprint density at radius 1 is 1.24 bits per heavy atom. The number of carbonyl (C=O) groups is 1. The summed E-state index contributed by atoms with van der Waals surface area (Å²) in [5, 5.41) is 2.73. The van der Waals surface area contributed by atoms with Gasteiger partial charge < -0.3 is 33.7 Å². The fraction of sp³-hybridized carbons (Fsp3) is 0.591. The fourth-order valence-corrected chi connectivity index (χ4v) is 3.97. The predicted molar refractivity (Wildman–Crippen MR) is 123 cm³/mol. The summed E-state index contributed by atoms with van der Waals surface area (Å²) in [6, 6.07) is 9.54. The number of amides is 1. The van der Waals surface area contributed by atoms with Crippen LogP contribution in [0.25, 0.3) is 0 Å². The summed E-state index contributed by atoms with van der Waals surface area (Å²) in [4.78, 5) is 12.7. The van der Waals surface area contributed by atoms with Gasteiger partial charge in [-0.2, -0.15) is 0 Å². The van der Waals surface area contributed by atoms with Gasteiger partial charge in [0.15, 0.2) is 12.1 Å². The highest BCUT2D eigenvalue weighted by atomic mass is 35.6. The van der Waals surface area contributed by atoms with Gasteiger partial charge in [-0.05, 0) is 19.4 Å². The van der Waals surface area contributed by atoms with Crippen molar-refractivity contribution in [1.82, 2.24) is 5.32 Å². The quantitative estimate of drug-likeness (QED) is 0.285. The number of nitrogens with one attached hydrogen (secondary N) is 1. The first-order chi connectivity index (χ1) is 15.5. The Balaban J connectivity index is 1.88. The van der Waals surface area contributed by atoms with Gasteiger partial charge in [-0.25, -0.2) is 0 Å². The van der Waals surface area contributed by atoms with Crippen molar-refractivity contribution >= 4 is 40.7 Å². The highest BCUT2D eigenvalue weighted by molar-refractivity contribution is 6.76. The van der Waals surface area contributed by atoms with E-state index in [0.717, 1.165) is 5.56 Å². The third-order valence-electron chi connectivity index (χ3n) is 5.30. The highest BCUT2D eigenvalue weighted by Crippen LogP contribution is 2.42. The normalized spacial score (nSPS) is 28.2. The van der Waals surface area contributed by atoms with Gasteiger partial charge in [0.1, 0.15) is 30.6 Å². The smallest absolute Gasteiger partial charge is 0.273 e. The zero-order chi connectivity index (χ0) is 24.3. The second kappa shape index (κ2) is 10.8. The molecule has 8 nitrogen and oxygen atoms in total. The van der Waals surface area contributed by atoms with Gasteiger partial charge in [-0.15, -0.1) is 6.58 Å². The molecular weight excluding hydrogens is 497 g/mol. The van der Waals surface area contributed by atoms with Crippen molar-refractivity contribution in [2.75, 3.05) is 20.5 Å². The number of fused-ring (bicyclic) bond motifs is 1. The van der Waals surface area contributed by atoms with Crippen molar-refractivity contribution in [2.45, 2.75) is 60.2 Å². The molecule has 1 aromatic rings. The van der Waals surface area contributed by atoms with E-state index in [9.17, 15) is 4.79 Å². The maximum Gasteiger partial charge on any atom is 0.273 e. The molecule has 3 rings (SSSR count). The standard InChI is InChI=1S/C22H28Cl3NO7/c1-5-21(26-19(27)22(23,24)25,12-29-11-14-9-7-6-8-10-14)17-15(30-13-28-4)16-18(31-17)33-20(2,3)32-16/h5-10,15-18H,1,11-13H2,2-4H3,(H,26,27)/t15-,16-,17+,18-,21+/m1/s1. The Hall–Kier alpha value is -0.940. The van der Waals surface area contributed by atoms with E-state index in [4.69, 9.17) is 63.2 Å². The lowest BCUT2D eigenvalue weighted by molar-refractivity contribution is -0.233. The molecule has 0 spiro atoms. The summed E-state index contributed by atoms with van der Waals surface area (Å²) in [7, 11) is 1.49. The van der Waals surface area contributed by atoms with Gasteiger partial charge in [0.2, 0.25) is 0 Å². The van der Waals surface area contributed by atoms with Gasteiger partial charge in [0.05, 0.1) is 13.2 Å². The van der Waals surface area contributed by atoms with Crippen LogP contribution in [0.4, 0.5) is 0 Å². The topological polar surface area (TPSA) is 84.5 Å². The summed E-state index contributed by atoms with van der Waals surface area (Å²) < 4.78 is 32.8. The lowest BCUT2D eigenvalue weighted by Gasteiger charge is -2.40. The first-order valence-electron chi connectivity index (χ1n) is 10.3. The average Bonchev–Trinajstić information content (AvgIpc) is 3.23. The highest BCUT2D eigenvalue weighted by Gasteiger charge is 2.61.